The van der Waals surface area contributed by atoms with Crippen molar-refractivity contribution in [2.45, 2.75) is 172 Å². The largest absolute Gasteiger partial charge is 0.497 e. The molecular formula is C57H80N4O10S2. The summed E-state index contributed by atoms with van der Waals surface area (Å²) in [5.74, 6) is 0.599. The van der Waals surface area contributed by atoms with Gasteiger partial charge in [0.05, 0.1) is 38.5 Å². The summed E-state index contributed by atoms with van der Waals surface area (Å²) in [7, 11) is 6.59. The van der Waals surface area contributed by atoms with Gasteiger partial charge in [-0.25, -0.2) is 0 Å². The predicted octanol–water partition coefficient (Wildman–Crippen LogP) is 11.0. The van der Waals surface area contributed by atoms with Gasteiger partial charge in [0.1, 0.15) is 11.5 Å². The summed E-state index contributed by atoms with van der Waals surface area (Å²) in [6, 6.07) is 14.8. The first-order chi connectivity index (χ1) is 34.8. The van der Waals surface area contributed by atoms with Crippen LogP contribution >= 0.6 is 23.5 Å². The second-order valence-electron chi connectivity index (χ2n) is 19.8. The number of benzene rings is 2. The molecule has 0 saturated carbocycles. The first kappa shape index (κ1) is 57.7. The van der Waals surface area contributed by atoms with Crippen LogP contribution in [-0.2, 0) is 41.6 Å². The fourth-order valence-corrected chi connectivity index (χ4v) is 12.9. The second-order valence-corrected chi connectivity index (χ2v) is 21.7. The zero-order valence-corrected chi connectivity index (χ0v) is 44.7. The minimum absolute atomic E-state index is 0. The lowest BCUT2D eigenvalue weighted by Crippen LogP contribution is -2.62. The highest BCUT2D eigenvalue weighted by Crippen LogP contribution is 2.44. The Morgan fingerprint density at radius 2 is 0.973 bits per heavy atom. The molecule has 0 aliphatic carbocycles. The number of ether oxygens (including phenoxy) is 6. The molecule has 4 saturated heterocycles. The van der Waals surface area contributed by atoms with Gasteiger partial charge in [-0.1, -0.05) is 90.7 Å². The highest BCUT2D eigenvalue weighted by Gasteiger charge is 2.55. The summed E-state index contributed by atoms with van der Waals surface area (Å²) < 4.78 is 36.3. The third kappa shape index (κ3) is 15.7. The van der Waals surface area contributed by atoms with Gasteiger partial charge >= 0.3 is 0 Å². The van der Waals surface area contributed by atoms with Crippen LogP contribution in [0.5, 0.6) is 11.5 Å². The Morgan fingerprint density at radius 3 is 1.34 bits per heavy atom. The monoisotopic (exact) mass is 1040 g/mol. The Hall–Kier alpha value is -4.58. The van der Waals surface area contributed by atoms with E-state index in [0.29, 0.717) is 37.4 Å². The number of nitrogens with zero attached hydrogens (tertiary/aromatic N) is 2. The van der Waals surface area contributed by atoms with E-state index >= 15 is 0 Å². The van der Waals surface area contributed by atoms with Crippen molar-refractivity contribution in [2.24, 2.45) is 0 Å². The number of carbonyl (C=O) groups excluding carboxylic acids is 4. The quantitative estimate of drug-likeness (QED) is 0.218. The van der Waals surface area contributed by atoms with Crippen molar-refractivity contribution < 1.29 is 47.6 Å². The number of hydrogen-bond acceptors (Lipinski definition) is 12. The molecule has 2 aromatic carbocycles. The molecule has 0 radical (unpaired) electrons. The lowest BCUT2D eigenvalue weighted by Gasteiger charge is -2.48. The zero-order valence-electron chi connectivity index (χ0n) is 43.1. The molecule has 400 valence electrons. The SMILES string of the molecule is C.COc1ccc(CN2C(=O)SC[C@H]2[C@@]2(OC)C[C@H]3C[C@@H](CCC/C=C/CC/C(C)=C\C(=O)N3)O2)cc1.COc1ccc(CN2C(=O)SC[C@H]2[C@@]2(OC)C[C@H]3C[C@@H](CCC/C=C\CC/C(C)=C\C(=O)N3)O2)cc1. The number of nitrogens with one attached hydrogen (secondary N) is 2. The zero-order chi connectivity index (χ0) is 51.1. The van der Waals surface area contributed by atoms with Gasteiger partial charge < -0.3 is 48.9 Å². The number of allylic oxidation sites excluding steroid dienone is 6. The summed E-state index contributed by atoms with van der Waals surface area (Å²) >= 11 is 2.60. The highest BCUT2D eigenvalue weighted by molar-refractivity contribution is 8.14. The van der Waals surface area contributed by atoms with Gasteiger partial charge in [0.25, 0.3) is 10.5 Å². The Balaban J connectivity index is 0.000000235. The maximum atomic E-state index is 13.0. The molecule has 6 heterocycles. The van der Waals surface area contributed by atoms with Crippen LogP contribution in [0.15, 0.2) is 96.1 Å². The minimum atomic E-state index is -0.988. The molecule has 4 fully saturated rings. The number of rotatable bonds is 10. The number of thioether (sulfide) groups is 2. The summed E-state index contributed by atoms with van der Waals surface area (Å²) in [6.45, 7) is 4.93. The van der Waals surface area contributed by atoms with E-state index < -0.39 is 11.6 Å². The molecule has 73 heavy (non-hydrogen) atoms. The van der Waals surface area contributed by atoms with Gasteiger partial charge in [-0.15, -0.1) is 0 Å². The number of hydrogen-bond donors (Lipinski definition) is 2. The average Bonchev–Trinajstić information content (AvgIpc) is 3.93. The summed E-state index contributed by atoms with van der Waals surface area (Å²) in [5, 5.41) is 6.47. The third-order valence-electron chi connectivity index (χ3n) is 14.6. The molecule has 14 nitrogen and oxygen atoms in total. The first-order valence-corrected chi connectivity index (χ1v) is 27.7. The minimum Gasteiger partial charge on any atom is -0.497 e. The van der Waals surface area contributed by atoms with Crippen LogP contribution in [0.4, 0.5) is 9.59 Å². The normalized spacial score (nSPS) is 31.8. The van der Waals surface area contributed by atoms with Gasteiger partial charge in [-0.05, 0) is 126 Å². The molecular weight excluding hydrogens is 965 g/mol. The number of methoxy groups -OCH3 is 4. The van der Waals surface area contributed by atoms with Crippen molar-refractivity contribution in [1.29, 1.82) is 0 Å². The van der Waals surface area contributed by atoms with Crippen LogP contribution in [0.2, 0.25) is 0 Å². The van der Waals surface area contributed by atoms with Crippen LogP contribution < -0.4 is 20.1 Å². The molecule has 6 aliphatic rings. The van der Waals surface area contributed by atoms with Crippen LogP contribution in [0.1, 0.15) is 122 Å². The van der Waals surface area contributed by atoms with Crippen molar-refractivity contribution in [1.82, 2.24) is 20.4 Å². The van der Waals surface area contributed by atoms with Crippen LogP contribution in [0, 0.1) is 0 Å². The molecule has 0 spiro atoms. The van der Waals surface area contributed by atoms with E-state index in [2.05, 4.69) is 34.9 Å². The van der Waals surface area contributed by atoms with E-state index in [1.165, 1.54) is 23.5 Å². The molecule has 6 aliphatic heterocycles. The first-order valence-electron chi connectivity index (χ1n) is 25.7. The number of carbonyl (C=O) groups is 4. The van der Waals surface area contributed by atoms with Crippen LogP contribution in [0.3, 0.4) is 0 Å². The molecule has 0 unspecified atom stereocenters. The molecule has 4 bridgehead atoms. The van der Waals surface area contributed by atoms with Gasteiger partial charge in [-0.3, -0.25) is 19.2 Å². The van der Waals surface area contributed by atoms with E-state index in [1.807, 2.05) is 72.2 Å². The summed E-state index contributed by atoms with van der Waals surface area (Å²) in [4.78, 5) is 55.4. The van der Waals surface area contributed by atoms with Gasteiger partial charge in [0.2, 0.25) is 11.8 Å². The third-order valence-corrected chi connectivity index (χ3v) is 16.5. The molecule has 2 N–H and O–H groups in total. The van der Waals surface area contributed by atoms with E-state index in [1.54, 1.807) is 40.6 Å². The molecule has 4 amide bonds. The van der Waals surface area contributed by atoms with Crippen molar-refractivity contribution >= 4 is 45.8 Å². The lowest BCUT2D eigenvalue weighted by atomic mass is 9.89. The summed E-state index contributed by atoms with van der Waals surface area (Å²) in [6.07, 6.45) is 24.0. The maximum Gasteiger partial charge on any atom is 0.282 e. The van der Waals surface area contributed by atoms with Crippen LogP contribution in [0.25, 0.3) is 0 Å². The predicted molar refractivity (Wildman–Crippen MR) is 291 cm³/mol. The Kier molecular flexibility index (Phi) is 22.0. The topological polar surface area (TPSA) is 154 Å². The van der Waals surface area contributed by atoms with Gasteiger partial charge in [0.15, 0.2) is 11.6 Å². The lowest BCUT2D eigenvalue weighted by molar-refractivity contribution is -0.294. The number of fused-ring (bicyclic) bond motifs is 4. The van der Waals surface area contributed by atoms with Crippen LogP contribution in [-0.4, -0.2) is 120 Å². The van der Waals surface area contributed by atoms with Crippen molar-refractivity contribution in [3.63, 3.8) is 0 Å². The average molecular weight is 1050 g/mol. The molecule has 8 atom stereocenters. The molecule has 2 aromatic rings. The van der Waals surface area contributed by atoms with Crippen molar-refractivity contribution in [3.05, 3.63) is 107 Å². The summed E-state index contributed by atoms with van der Waals surface area (Å²) in [5.41, 5.74) is 4.17. The maximum absolute atomic E-state index is 13.0. The second kappa shape index (κ2) is 27.8. The van der Waals surface area contributed by atoms with Gasteiger partial charge in [-0.2, -0.15) is 0 Å². The van der Waals surface area contributed by atoms with Crippen molar-refractivity contribution in [3.8, 4) is 11.5 Å². The Labute approximate surface area is 442 Å². The number of amides is 4. The molecule has 0 aromatic heterocycles. The molecule has 8 rings (SSSR count). The van der Waals surface area contributed by atoms with Gasteiger partial charge in [0, 0.05) is 75.9 Å². The van der Waals surface area contributed by atoms with E-state index in [9.17, 15) is 19.2 Å². The van der Waals surface area contributed by atoms with E-state index in [4.69, 9.17) is 28.4 Å². The molecule has 16 heteroatoms. The fraction of sp³-hybridized carbons (Fsp3) is 0.579. The smallest absolute Gasteiger partial charge is 0.282 e. The van der Waals surface area contributed by atoms with E-state index in [0.717, 1.165) is 111 Å². The Bertz CT molecular complexity index is 2120. The Morgan fingerprint density at radius 1 is 0.589 bits per heavy atom. The fourth-order valence-electron chi connectivity index (χ4n) is 10.7. The van der Waals surface area contributed by atoms with Crippen molar-refractivity contribution in [2.75, 3.05) is 39.9 Å². The van der Waals surface area contributed by atoms with E-state index in [-0.39, 0.29) is 66.1 Å². The highest BCUT2D eigenvalue weighted by atomic mass is 32.2. The standard InChI is InChI=1S/2C28H38N2O5S.CH4/c2*1-20-9-7-5-4-6-8-10-24-16-22(29-26(31)15-20)17-28(34-3,35-24)25-19-36-27(32)30(25)18-21-11-13-23(33-2)14-12-21;/h2*4-5,11-15,22,24-25H,6-10,16-19H2,1-3H3,(H,29,31);1H4/b5-4+,20-15-;5-4-,20-15-;/t2*22-,24-,25+,28-;/m11./s1.